The highest BCUT2D eigenvalue weighted by Crippen LogP contribution is 1.98. The Labute approximate surface area is 97.0 Å². The van der Waals surface area contributed by atoms with Gasteiger partial charge in [-0.1, -0.05) is 30.3 Å². The molecule has 88 valence electrons. The molecule has 1 aromatic rings. The molecule has 0 spiro atoms. The van der Waals surface area contributed by atoms with Crippen LogP contribution in [0, 0.1) is 0 Å². The zero-order chi connectivity index (χ0) is 11.8. The zero-order valence-corrected chi connectivity index (χ0v) is 9.78. The molecule has 0 aliphatic rings. The van der Waals surface area contributed by atoms with Crippen molar-refractivity contribution in [1.82, 2.24) is 5.32 Å². The molecule has 0 heterocycles. The van der Waals surface area contributed by atoms with Crippen LogP contribution in [-0.2, 0) is 11.2 Å². The maximum Gasteiger partial charge on any atom is 0.220 e. The van der Waals surface area contributed by atoms with Crippen LogP contribution in [0.25, 0.3) is 0 Å². The first kappa shape index (κ1) is 12.7. The third kappa shape index (κ3) is 5.51. The highest BCUT2D eigenvalue weighted by atomic mass is 16.1. The fourth-order valence-corrected chi connectivity index (χ4v) is 1.44. The fourth-order valence-electron chi connectivity index (χ4n) is 1.44. The lowest BCUT2D eigenvalue weighted by molar-refractivity contribution is -0.121. The van der Waals surface area contributed by atoms with Crippen LogP contribution in [0.1, 0.15) is 25.3 Å². The van der Waals surface area contributed by atoms with E-state index in [9.17, 15) is 4.79 Å². The highest BCUT2D eigenvalue weighted by Gasteiger charge is 2.02. The fraction of sp³-hybridized carbons (Fsp3) is 0.462. The highest BCUT2D eigenvalue weighted by molar-refractivity contribution is 5.75. The molecule has 0 bridgehead atoms. The molecular formula is C13H20N2O. The molecule has 1 rings (SSSR count). The van der Waals surface area contributed by atoms with E-state index in [1.54, 1.807) is 0 Å². The summed E-state index contributed by atoms with van der Waals surface area (Å²) in [5.41, 5.74) is 6.83. The molecule has 3 heteroatoms. The number of amides is 1. The van der Waals surface area contributed by atoms with Crippen LogP contribution < -0.4 is 11.1 Å². The van der Waals surface area contributed by atoms with Crippen LogP contribution in [0.2, 0.25) is 0 Å². The Morgan fingerprint density at radius 3 is 2.69 bits per heavy atom. The molecule has 3 N–H and O–H groups in total. The molecule has 0 saturated carbocycles. The van der Waals surface area contributed by atoms with Gasteiger partial charge in [-0.05, 0) is 25.3 Å². The van der Waals surface area contributed by atoms with Crippen molar-refractivity contribution >= 4 is 5.91 Å². The minimum Gasteiger partial charge on any atom is -0.356 e. The first-order valence-electron chi connectivity index (χ1n) is 5.74. The Hall–Kier alpha value is -1.35. The van der Waals surface area contributed by atoms with Gasteiger partial charge in [-0.25, -0.2) is 0 Å². The molecule has 1 unspecified atom stereocenters. The Morgan fingerprint density at radius 1 is 1.38 bits per heavy atom. The number of carbonyl (C=O) groups is 1. The van der Waals surface area contributed by atoms with Crippen molar-refractivity contribution in [1.29, 1.82) is 0 Å². The first-order valence-corrected chi connectivity index (χ1v) is 5.74. The summed E-state index contributed by atoms with van der Waals surface area (Å²) in [6, 6.07) is 10.2. The van der Waals surface area contributed by atoms with Crippen molar-refractivity contribution in [2.75, 3.05) is 6.54 Å². The van der Waals surface area contributed by atoms with Crippen molar-refractivity contribution in [2.24, 2.45) is 5.73 Å². The molecule has 0 aliphatic heterocycles. The minimum atomic E-state index is 0.0910. The molecule has 0 fully saturated rings. The molecule has 1 amide bonds. The maximum atomic E-state index is 11.4. The standard InChI is InChI=1S/C13H20N2O/c1-11(14)7-8-13(16)15-10-9-12-5-3-2-4-6-12/h2-6,11H,7-10,14H2,1H3,(H,15,16). The van der Waals surface area contributed by atoms with Gasteiger partial charge in [-0.2, -0.15) is 0 Å². The number of hydrogen-bond acceptors (Lipinski definition) is 2. The van der Waals surface area contributed by atoms with Gasteiger partial charge in [-0.15, -0.1) is 0 Å². The van der Waals surface area contributed by atoms with Crippen molar-refractivity contribution in [2.45, 2.75) is 32.2 Å². The predicted molar refractivity (Wildman–Crippen MR) is 66.0 cm³/mol. The monoisotopic (exact) mass is 220 g/mol. The molecule has 0 aromatic heterocycles. The minimum absolute atomic E-state index is 0.0910. The SMILES string of the molecule is CC(N)CCC(=O)NCCc1ccccc1. The van der Waals surface area contributed by atoms with E-state index in [2.05, 4.69) is 17.4 Å². The molecule has 16 heavy (non-hydrogen) atoms. The van der Waals surface area contributed by atoms with Gasteiger partial charge in [0.15, 0.2) is 0 Å². The number of nitrogens with two attached hydrogens (primary N) is 1. The van der Waals surface area contributed by atoms with Crippen molar-refractivity contribution in [3.05, 3.63) is 35.9 Å². The summed E-state index contributed by atoms with van der Waals surface area (Å²) in [4.78, 5) is 11.4. The quantitative estimate of drug-likeness (QED) is 0.763. The molecule has 0 radical (unpaired) electrons. The van der Waals surface area contributed by atoms with Gasteiger partial charge in [-0.3, -0.25) is 4.79 Å². The van der Waals surface area contributed by atoms with Gasteiger partial charge in [0.1, 0.15) is 0 Å². The molecular weight excluding hydrogens is 200 g/mol. The third-order valence-electron chi connectivity index (χ3n) is 2.41. The Bertz CT molecular complexity index is 309. The molecule has 1 atom stereocenters. The predicted octanol–water partition coefficient (Wildman–Crippen LogP) is 1.47. The first-order chi connectivity index (χ1) is 7.68. The molecule has 0 aliphatic carbocycles. The summed E-state index contributed by atoms with van der Waals surface area (Å²) in [5, 5.41) is 2.89. The molecule has 1 aromatic carbocycles. The summed E-state index contributed by atoms with van der Waals surface area (Å²) in [6.07, 6.45) is 2.15. The normalized spacial score (nSPS) is 12.1. The lowest BCUT2D eigenvalue weighted by Crippen LogP contribution is -2.27. The van der Waals surface area contributed by atoms with E-state index >= 15 is 0 Å². The van der Waals surface area contributed by atoms with E-state index in [0.717, 1.165) is 12.8 Å². The van der Waals surface area contributed by atoms with E-state index in [4.69, 9.17) is 5.73 Å². The number of carbonyl (C=O) groups excluding carboxylic acids is 1. The van der Waals surface area contributed by atoms with E-state index in [-0.39, 0.29) is 11.9 Å². The van der Waals surface area contributed by atoms with Gasteiger partial charge in [0.2, 0.25) is 5.91 Å². The second-order valence-electron chi connectivity index (χ2n) is 4.10. The van der Waals surface area contributed by atoms with E-state index in [1.165, 1.54) is 5.56 Å². The van der Waals surface area contributed by atoms with Crippen LogP contribution in [0.3, 0.4) is 0 Å². The number of nitrogens with one attached hydrogen (secondary N) is 1. The summed E-state index contributed by atoms with van der Waals surface area (Å²) in [7, 11) is 0. The average molecular weight is 220 g/mol. The smallest absolute Gasteiger partial charge is 0.220 e. The van der Waals surface area contributed by atoms with Gasteiger partial charge < -0.3 is 11.1 Å². The van der Waals surface area contributed by atoms with E-state index < -0.39 is 0 Å². The third-order valence-corrected chi connectivity index (χ3v) is 2.41. The largest absolute Gasteiger partial charge is 0.356 e. The van der Waals surface area contributed by atoms with Crippen molar-refractivity contribution < 1.29 is 4.79 Å². The Kier molecular flexibility index (Phi) is 5.57. The van der Waals surface area contributed by atoms with Crippen LogP contribution in [-0.4, -0.2) is 18.5 Å². The van der Waals surface area contributed by atoms with Crippen LogP contribution in [0.4, 0.5) is 0 Å². The number of hydrogen-bond donors (Lipinski definition) is 2. The van der Waals surface area contributed by atoms with Gasteiger partial charge in [0.25, 0.3) is 0 Å². The summed E-state index contributed by atoms with van der Waals surface area (Å²) >= 11 is 0. The lowest BCUT2D eigenvalue weighted by atomic mass is 10.1. The lowest BCUT2D eigenvalue weighted by Gasteiger charge is -2.06. The molecule has 3 nitrogen and oxygen atoms in total. The Balaban J connectivity index is 2.13. The van der Waals surface area contributed by atoms with Crippen LogP contribution in [0.5, 0.6) is 0 Å². The van der Waals surface area contributed by atoms with Crippen molar-refractivity contribution in [3.63, 3.8) is 0 Å². The van der Waals surface area contributed by atoms with E-state index in [1.807, 2.05) is 25.1 Å². The topological polar surface area (TPSA) is 55.1 Å². The summed E-state index contributed by atoms with van der Waals surface area (Å²) in [5.74, 6) is 0.0910. The molecule has 0 saturated heterocycles. The van der Waals surface area contributed by atoms with Gasteiger partial charge >= 0.3 is 0 Å². The van der Waals surface area contributed by atoms with E-state index in [0.29, 0.717) is 13.0 Å². The summed E-state index contributed by atoms with van der Waals surface area (Å²) < 4.78 is 0. The summed E-state index contributed by atoms with van der Waals surface area (Å²) in [6.45, 7) is 2.61. The average Bonchev–Trinajstić information content (AvgIpc) is 2.28. The van der Waals surface area contributed by atoms with Crippen LogP contribution in [0.15, 0.2) is 30.3 Å². The Morgan fingerprint density at radius 2 is 2.06 bits per heavy atom. The second kappa shape index (κ2) is 7.01. The number of rotatable bonds is 6. The zero-order valence-electron chi connectivity index (χ0n) is 9.78. The van der Waals surface area contributed by atoms with Crippen molar-refractivity contribution in [3.8, 4) is 0 Å². The number of benzene rings is 1. The van der Waals surface area contributed by atoms with Gasteiger partial charge in [0.05, 0.1) is 0 Å². The van der Waals surface area contributed by atoms with Crippen LogP contribution >= 0.6 is 0 Å². The second-order valence-corrected chi connectivity index (χ2v) is 4.10. The maximum absolute atomic E-state index is 11.4. The van der Waals surface area contributed by atoms with Gasteiger partial charge in [0, 0.05) is 19.0 Å².